The molecule has 1 saturated carbocycles. The lowest BCUT2D eigenvalue weighted by molar-refractivity contribution is -0.123. The van der Waals surface area contributed by atoms with Crippen LogP contribution in [0.1, 0.15) is 65.6 Å². The van der Waals surface area contributed by atoms with Crippen LogP contribution in [0, 0.1) is 0 Å². The smallest absolute Gasteiger partial charge is 0.295 e. The molecule has 31 heavy (non-hydrogen) atoms. The van der Waals surface area contributed by atoms with Crippen LogP contribution < -0.4 is 10.2 Å². The number of amides is 2. The molecular weight excluding hydrogens is 392 g/mol. The van der Waals surface area contributed by atoms with E-state index in [1.54, 1.807) is 24.3 Å². The van der Waals surface area contributed by atoms with Crippen LogP contribution in [0.4, 0.5) is 5.69 Å². The molecule has 160 valence electrons. The van der Waals surface area contributed by atoms with Crippen LogP contribution in [0.3, 0.4) is 0 Å². The van der Waals surface area contributed by atoms with Crippen molar-refractivity contribution in [3.05, 3.63) is 77.6 Å². The molecule has 0 saturated heterocycles. The molecule has 5 rings (SSSR count). The normalized spacial score (nSPS) is 16.8. The number of nitrogens with zero attached hydrogens (tertiary/aromatic N) is 1. The summed E-state index contributed by atoms with van der Waals surface area (Å²) >= 11 is 0. The number of benzene rings is 1. The van der Waals surface area contributed by atoms with E-state index in [0.29, 0.717) is 11.4 Å². The molecule has 1 N–H and O–H groups in total. The zero-order valence-corrected chi connectivity index (χ0v) is 17.4. The van der Waals surface area contributed by atoms with Crippen molar-refractivity contribution < 1.29 is 18.4 Å². The van der Waals surface area contributed by atoms with Crippen LogP contribution in [0.2, 0.25) is 0 Å². The third kappa shape index (κ3) is 3.90. The minimum absolute atomic E-state index is 0.130. The Balaban J connectivity index is 1.57. The summed E-state index contributed by atoms with van der Waals surface area (Å²) in [5.74, 6) is 0.00907. The van der Waals surface area contributed by atoms with Crippen LogP contribution in [-0.2, 0) is 17.6 Å². The van der Waals surface area contributed by atoms with Crippen LogP contribution in [0.15, 0.2) is 63.8 Å². The van der Waals surface area contributed by atoms with Crippen molar-refractivity contribution in [1.82, 2.24) is 5.32 Å². The molecule has 6 nitrogen and oxygen atoms in total. The van der Waals surface area contributed by atoms with Crippen molar-refractivity contribution in [1.29, 1.82) is 0 Å². The summed E-state index contributed by atoms with van der Waals surface area (Å²) in [6.07, 6.45) is 10.3. The van der Waals surface area contributed by atoms with Crippen molar-refractivity contribution in [2.75, 3.05) is 4.90 Å². The van der Waals surface area contributed by atoms with Gasteiger partial charge in [-0.3, -0.25) is 14.5 Å². The molecule has 1 aromatic carbocycles. The van der Waals surface area contributed by atoms with E-state index < -0.39 is 6.04 Å². The molecular formula is C25H26N2O4. The van der Waals surface area contributed by atoms with E-state index in [4.69, 9.17) is 8.83 Å². The topological polar surface area (TPSA) is 75.7 Å². The maximum Gasteiger partial charge on any atom is 0.295 e. The van der Waals surface area contributed by atoms with E-state index in [1.807, 2.05) is 12.1 Å². The Hall–Kier alpha value is -3.28. The van der Waals surface area contributed by atoms with E-state index in [2.05, 4.69) is 11.4 Å². The van der Waals surface area contributed by atoms with Gasteiger partial charge in [0.25, 0.3) is 11.8 Å². The standard InChI is InChI=1S/C25H26N2O4/c28-24(26-19-8-1-2-9-19)23(21-10-4-14-30-21)27(25(29)22-11-5-15-31-22)20-13-12-17-6-3-7-18(17)16-20/h4-5,10-16,19,23H,1-3,6-9H2,(H,26,28). The zero-order chi connectivity index (χ0) is 21.2. The number of carbonyl (C=O) groups excluding carboxylic acids is 2. The van der Waals surface area contributed by atoms with Gasteiger partial charge in [-0.25, -0.2) is 0 Å². The van der Waals surface area contributed by atoms with Crippen molar-refractivity contribution in [3.8, 4) is 0 Å². The minimum Gasteiger partial charge on any atom is -0.467 e. The number of nitrogens with one attached hydrogen (secondary N) is 1. The number of carbonyl (C=O) groups is 2. The number of aryl methyl sites for hydroxylation is 2. The molecule has 0 radical (unpaired) electrons. The minimum atomic E-state index is -0.923. The van der Waals surface area contributed by atoms with Gasteiger partial charge in [0, 0.05) is 11.7 Å². The van der Waals surface area contributed by atoms with Gasteiger partial charge in [-0.15, -0.1) is 0 Å². The first-order valence-corrected chi connectivity index (χ1v) is 11.0. The Kier molecular flexibility index (Phi) is 5.37. The predicted octanol–water partition coefficient (Wildman–Crippen LogP) is 4.81. The number of hydrogen-bond acceptors (Lipinski definition) is 4. The Morgan fingerprint density at radius 1 is 0.935 bits per heavy atom. The van der Waals surface area contributed by atoms with Crippen LogP contribution in [0.25, 0.3) is 0 Å². The number of rotatable bonds is 6. The molecule has 0 bridgehead atoms. The largest absolute Gasteiger partial charge is 0.467 e. The summed E-state index contributed by atoms with van der Waals surface area (Å²) < 4.78 is 11.1. The third-order valence-electron chi connectivity index (χ3n) is 6.33. The third-order valence-corrected chi connectivity index (χ3v) is 6.33. The second-order valence-corrected chi connectivity index (χ2v) is 8.37. The predicted molar refractivity (Wildman–Crippen MR) is 116 cm³/mol. The van der Waals surface area contributed by atoms with Crippen LogP contribution in [0.5, 0.6) is 0 Å². The van der Waals surface area contributed by atoms with E-state index in [-0.39, 0.29) is 23.6 Å². The molecule has 0 aliphatic heterocycles. The highest BCUT2D eigenvalue weighted by atomic mass is 16.3. The second-order valence-electron chi connectivity index (χ2n) is 8.37. The Labute approximate surface area is 181 Å². The lowest BCUT2D eigenvalue weighted by Crippen LogP contribution is -2.46. The van der Waals surface area contributed by atoms with Gasteiger partial charge in [-0.05, 0) is 79.6 Å². The van der Waals surface area contributed by atoms with Gasteiger partial charge in [0.15, 0.2) is 11.8 Å². The zero-order valence-electron chi connectivity index (χ0n) is 17.4. The quantitative estimate of drug-likeness (QED) is 0.623. The number of anilines is 1. The molecule has 3 aromatic rings. The fourth-order valence-corrected chi connectivity index (χ4v) is 4.78. The fraction of sp³-hybridized carbons (Fsp3) is 0.360. The number of fused-ring (bicyclic) bond motifs is 1. The average molecular weight is 418 g/mol. The molecule has 2 heterocycles. The van der Waals surface area contributed by atoms with Crippen molar-refractivity contribution >= 4 is 17.5 Å². The summed E-state index contributed by atoms with van der Waals surface area (Å²) in [4.78, 5) is 28.6. The lowest BCUT2D eigenvalue weighted by Gasteiger charge is -2.30. The summed E-state index contributed by atoms with van der Waals surface area (Å²) in [7, 11) is 0. The monoisotopic (exact) mass is 418 g/mol. The first kappa shape index (κ1) is 19.7. The molecule has 2 amide bonds. The van der Waals surface area contributed by atoms with Gasteiger partial charge in [0.2, 0.25) is 0 Å². The van der Waals surface area contributed by atoms with Gasteiger partial charge in [-0.1, -0.05) is 18.9 Å². The van der Waals surface area contributed by atoms with E-state index >= 15 is 0 Å². The first-order chi connectivity index (χ1) is 15.2. The molecule has 0 spiro atoms. The van der Waals surface area contributed by atoms with Gasteiger partial charge in [0.1, 0.15) is 5.76 Å². The van der Waals surface area contributed by atoms with Crippen LogP contribution >= 0.6 is 0 Å². The Morgan fingerprint density at radius 3 is 2.45 bits per heavy atom. The summed E-state index contributed by atoms with van der Waals surface area (Å²) in [5.41, 5.74) is 3.20. The van der Waals surface area contributed by atoms with E-state index in [9.17, 15) is 9.59 Å². The maximum atomic E-state index is 13.6. The summed E-state index contributed by atoms with van der Waals surface area (Å²) in [5, 5.41) is 3.15. The number of hydrogen-bond donors (Lipinski definition) is 1. The Bertz CT molecular complexity index is 1050. The maximum absolute atomic E-state index is 13.6. The second kappa shape index (κ2) is 8.46. The SMILES string of the molecule is O=C(NC1CCCC1)C(c1ccco1)N(C(=O)c1ccco1)c1ccc2c(c1)CCC2. The number of furan rings is 2. The highest BCUT2D eigenvalue weighted by molar-refractivity contribution is 6.08. The highest BCUT2D eigenvalue weighted by Crippen LogP contribution is 2.34. The average Bonchev–Trinajstić information content (AvgIpc) is 3.57. The van der Waals surface area contributed by atoms with Crippen LogP contribution in [-0.4, -0.2) is 17.9 Å². The Morgan fingerprint density at radius 2 is 1.71 bits per heavy atom. The van der Waals surface area contributed by atoms with E-state index in [1.165, 1.54) is 28.6 Å². The first-order valence-electron chi connectivity index (χ1n) is 11.0. The van der Waals surface area contributed by atoms with Gasteiger partial charge < -0.3 is 14.2 Å². The molecule has 6 heteroatoms. The van der Waals surface area contributed by atoms with Gasteiger partial charge in [0.05, 0.1) is 12.5 Å². The van der Waals surface area contributed by atoms with Crippen molar-refractivity contribution in [2.24, 2.45) is 0 Å². The molecule has 1 unspecified atom stereocenters. The lowest BCUT2D eigenvalue weighted by atomic mass is 10.1. The summed E-state index contributed by atoms with van der Waals surface area (Å²) in [6.45, 7) is 0. The molecule has 2 aromatic heterocycles. The molecule has 2 aliphatic rings. The van der Waals surface area contributed by atoms with E-state index in [0.717, 1.165) is 44.9 Å². The fourth-order valence-electron chi connectivity index (χ4n) is 4.78. The van der Waals surface area contributed by atoms with Gasteiger partial charge in [-0.2, -0.15) is 0 Å². The molecule has 1 atom stereocenters. The van der Waals surface area contributed by atoms with Crippen molar-refractivity contribution in [3.63, 3.8) is 0 Å². The highest BCUT2D eigenvalue weighted by Gasteiger charge is 2.37. The van der Waals surface area contributed by atoms with Crippen molar-refractivity contribution in [2.45, 2.75) is 57.0 Å². The van der Waals surface area contributed by atoms with Gasteiger partial charge >= 0.3 is 0 Å². The molecule has 1 fully saturated rings. The molecule has 2 aliphatic carbocycles. The summed E-state index contributed by atoms with van der Waals surface area (Å²) in [6, 6.07) is 12.0.